The number of hydrogen-bond acceptors (Lipinski definition) is 16. The Labute approximate surface area is 159 Å². The van der Waals surface area contributed by atoms with Gasteiger partial charge in [-0.25, -0.2) is 0 Å². The van der Waals surface area contributed by atoms with E-state index in [-0.39, 0.29) is 51.2 Å². The summed E-state index contributed by atoms with van der Waals surface area (Å²) in [6.07, 6.45) is 0. The molecule has 0 N–H and O–H groups in total. The van der Waals surface area contributed by atoms with Gasteiger partial charge in [0.05, 0.1) is 0 Å². The predicted octanol–water partition coefficient (Wildman–Crippen LogP) is -11.3. The Morgan fingerprint density at radius 3 is 0.304 bits per heavy atom. The van der Waals surface area contributed by atoms with Crippen LogP contribution in [-0.2, 0) is 69.5 Å². The van der Waals surface area contributed by atoms with E-state index in [0.29, 0.717) is 0 Å². The Hall–Kier alpha value is 2.00. The van der Waals surface area contributed by atoms with Crippen molar-refractivity contribution in [2.45, 2.75) is 0 Å². The Balaban J connectivity index is -0.0000000284. The quantitative estimate of drug-likeness (QED) is 0.201. The van der Waals surface area contributed by atoms with Gasteiger partial charge >= 0.3 is 0 Å². The molecule has 149 valence electrons. The standard InChI is InChI=1S/3Mn.4H3O4P/c;;;4*1-5(2,3)4/h;;;4*(H3,1,2,3,4)/p-12. The minimum atomic E-state index is -5.39. The zero-order valence-corrected chi connectivity index (χ0v) is 16.6. The molecule has 23 heteroatoms. The maximum Gasteiger partial charge on any atom is 0 e. The Bertz CT molecular complexity index is 292. The third-order valence-corrected chi connectivity index (χ3v) is 0. The van der Waals surface area contributed by atoms with Gasteiger partial charge in [0.15, 0.2) is 0 Å². The maximum atomic E-state index is 8.55. The molecule has 23 heavy (non-hydrogen) atoms. The molecule has 0 aromatic heterocycles. The van der Waals surface area contributed by atoms with Crippen molar-refractivity contribution in [2.75, 3.05) is 0 Å². The molecule has 0 saturated carbocycles. The zero-order chi connectivity index (χ0) is 18.0. The van der Waals surface area contributed by atoms with Gasteiger partial charge in [-0.2, -0.15) is 31.3 Å². The second-order valence-electron chi connectivity index (χ2n) is 1.79. The van der Waals surface area contributed by atoms with Gasteiger partial charge in [0.1, 0.15) is 0 Å². The van der Waals surface area contributed by atoms with Gasteiger partial charge in [0, 0.05) is 51.2 Å². The van der Waals surface area contributed by atoms with Gasteiger partial charge < -0.3 is 77.0 Å². The molecule has 0 aromatic rings. The largest absolute Gasteiger partial charge is 0.822 e. The summed E-state index contributed by atoms with van der Waals surface area (Å²) >= 11 is 0. The third kappa shape index (κ3) is 2910. The molecule has 0 rings (SSSR count). The van der Waals surface area contributed by atoms with Crippen molar-refractivity contribution >= 4 is 31.3 Å². The van der Waals surface area contributed by atoms with Crippen LogP contribution in [0.1, 0.15) is 0 Å². The zero-order valence-electron chi connectivity index (χ0n) is 9.45. The molecular formula is Mn3O16P4-12. The van der Waals surface area contributed by atoms with Crippen LogP contribution in [0.5, 0.6) is 0 Å². The van der Waals surface area contributed by atoms with E-state index in [4.69, 9.17) is 77.0 Å². The van der Waals surface area contributed by atoms with Crippen molar-refractivity contribution < 1.29 is 128 Å². The fraction of sp³-hybridized carbons (Fsp3) is 0. The number of phosphoric acid groups is 4. The first-order chi connectivity index (χ1) is 8.00. The van der Waals surface area contributed by atoms with Gasteiger partial charge in [0.25, 0.3) is 0 Å². The van der Waals surface area contributed by atoms with Crippen LogP contribution in [0.2, 0.25) is 0 Å². The van der Waals surface area contributed by atoms with Crippen molar-refractivity contribution in [1.29, 1.82) is 0 Å². The average Bonchev–Trinajstić information content (AvgIpc) is 1.62. The van der Waals surface area contributed by atoms with Crippen LogP contribution < -0.4 is 58.7 Å². The van der Waals surface area contributed by atoms with Gasteiger partial charge in [-0.1, -0.05) is 0 Å². The fourth-order valence-corrected chi connectivity index (χ4v) is 0. The van der Waals surface area contributed by atoms with Crippen LogP contribution in [0.15, 0.2) is 0 Å². The van der Waals surface area contributed by atoms with Crippen molar-refractivity contribution in [1.82, 2.24) is 0 Å². The summed E-state index contributed by atoms with van der Waals surface area (Å²) in [6.45, 7) is 0. The summed E-state index contributed by atoms with van der Waals surface area (Å²) in [5.74, 6) is 0. The van der Waals surface area contributed by atoms with Gasteiger partial charge in [0.2, 0.25) is 0 Å². The van der Waals surface area contributed by atoms with E-state index in [1.807, 2.05) is 0 Å². The van der Waals surface area contributed by atoms with Crippen molar-refractivity contribution in [3.63, 3.8) is 0 Å². The van der Waals surface area contributed by atoms with Gasteiger partial charge in [-0.3, -0.25) is 0 Å². The predicted molar refractivity (Wildman–Crippen MR) is 30.4 cm³/mol. The van der Waals surface area contributed by atoms with Gasteiger partial charge in [-0.15, -0.1) is 0 Å². The van der Waals surface area contributed by atoms with E-state index >= 15 is 0 Å². The van der Waals surface area contributed by atoms with Crippen LogP contribution in [0.3, 0.4) is 0 Å². The topological polar surface area (TPSA) is 345 Å². The summed E-state index contributed by atoms with van der Waals surface area (Å²) in [7, 11) is -21.6. The number of rotatable bonds is 0. The monoisotopic (exact) mass is 545 g/mol. The third-order valence-electron chi connectivity index (χ3n) is 0. The molecule has 0 atom stereocenters. The van der Waals surface area contributed by atoms with E-state index in [0.717, 1.165) is 0 Å². The fourth-order valence-electron chi connectivity index (χ4n) is 0. The maximum absolute atomic E-state index is 8.55. The Morgan fingerprint density at radius 1 is 0.304 bits per heavy atom. The second kappa shape index (κ2) is 18.8. The molecule has 0 heterocycles. The number of hydrogen-bond donors (Lipinski definition) is 0. The van der Waals surface area contributed by atoms with Crippen LogP contribution in [0, 0.1) is 0 Å². The van der Waals surface area contributed by atoms with E-state index in [1.54, 1.807) is 0 Å². The summed E-state index contributed by atoms with van der Waals surface area (Å²) in [4.78, 5) is 103. The first-order valence-corrected chi connectivity index (χ1v) is 8.76. The molecule has 16 nitrogen and oxygen atoms in total. The molecule has 0 aliphatic heterocycles. The molecular weight excluding hydrogens is 545 g/mol. The van der Waals surface area contributed by atoms with Crippen LogP contribution in [0.4, 0.5) is 0 Å². The minimum Gasteiger partial charge on any atom is -0.822 e. The molecule has 0 spiro atoms. The summed E-state index contributed by atoms with van der Waals surface area (Å²) in [5, 5.41) is 0. The molecule has 0 aromatic carbocycles. The average molecular weight is 545 g/mol. The van der Waals surface area contributed by atoms with Crippen molar-refractivity contribution in [3.8, 4) is 0 Å². The van der Waals surface area contributed by atoms with Crippen molar-refractivity contribution in [2.24, 2.45) is 0 Å². The summed E-state index contributed by atoms with van der Waals surface area (Å²) < 4.78 is 34.2. The van der Waals surface area contributed by atoms with E-state index in [2.05, 4.69) is 0 Å². The second-order valence-corrected chi connectivity index (χ2v) is 5.37. The molecule has 0 fully saturated rings. The molecule has 0 amide bonds. The van der Waals surface area contributed by atoms with E-state index < -0.39 is 31.3 Å². The summed E-state index contributed by atoms with van der Waals surface area (Å²) in [6, 6.07) is 0. The van der Waals surface area contributed by atoms with Crippen LogP contribution in [0.25, 0.3) is 0 Å². The first-order valence-electron chi connectivity index (χ1n) is 2.92. The van der Waals surface area contributed by atoms with Crippen LogP contribution in [-0.4, -0.2) is 0 Å². The smallest absolute Gasteiger partial charge is 0 e. The Kier molecular flexibility index (Phi) is 36.3. The first kappa shape index (κ1) is 44.4. The Morgan fingerprint density at radius 2 is 0.304 bits per heavy atom. The minimum absolute atomic E-state index is 0. The summed E-state index contributed by atoms with van der Waals surface area (Å²) in [5.41, 5.74) is 0. The molecule has 0 aliphatic rings. The molecule has 0 saturated heterocycles. The van der Waals surface area contributed by atoms with Gasteiger partial charge in [-0.05, 0) is 0 Å². The van der Waals surface area contributed by atoms with Crippen molar-refractivity contribution in [3.05, 3.63) is 0 Å². The SMILES string of the molecule is O=P([O-])([O-])[O-].O=P([O-])([O-])[O-].O=P([O-])([O-])[O-].O=P([O-])([O-])[O-].[Mn].[Mn].[Mn]. The normalized spacial score (nSPS) is 10.3. The molecule has 0 unspecified atom stereocenters. The molecule has 0 bridgehead atoms. The molecule has 0 aliphatic carbocycles. The van der Waals surface area contributed by atoms with E-state index in [1.165, 1.54) is 0 Å². The van der Waals surface area contributed by atoms with Crippen LogP contribution >= 0.6 is 31.3 Å². The van der Waals surface area contributed by atoms with E-state index in [9.17, 15) is 0 Å². The molecule has 3 radical (unpaired) electrons.